The lowest BCUT2D eigenvalue weighted by atomic mass is 10.1. The zero-order chi connectivity index (χ0) is 18.2. The van der Waals surface area contributed by atoms with Crippen molar-refractivity contribution in [3.05, 3.63) is 65.0 Å². The van der Waals surface area contributed by atoms with Crippen molar-refractivity contribution in [2.75, 3.05) is 4.72 Å². The maximum Gasteiger partial charge on any atom is 0.261 e. The molecule has 0 saturated heterocycles. The molecule has 3 rings (SSSR count). The molecule has 25 heavy (non-hydrogen) atoms. The molecular formula is C17H14ClFN2O3S. The fourth-order valence-electron chi connectivity index (χ4n) is 2.36. The van der Waals surface area contributed by atoms with Gasteiger partial charge in [0.2, 0.25) is 0 Å². The fraction of sp³-hybridized carbons (Fsp3) is 0.118. The Hall–Kier alpha value is -2.38. The summed E-state index contributed by atoms with van der Waals surface area (Å²) in [5.41, 5.74) is 1.59. The lowest BCUT2D eigenvalue weighted by Crippen LogP contribution is -2.12. The molecule has 0 amide bonds. The van der Waals surface area contributed by atoms with Crippen LogP contribution in [0, 0.1) is 19.7 Å². The molecule has 0 unspecified atom stereocenters. The predicted molar refractivity (Wildman–Crippen MR) is 93.6 cm³/mol. The number of nitrogens with zero attached hydrogens (tertiary/aromatic N) is 1. The SMILES string of the molecule is Cc1nc(-c2ccc(S(=O)(=O)Nc3ccc(F)c(Cl)c3)cc2)c(C)o1. The van der Waals surface area contributed by atoms with Crippen LogP contribution in [0.5, 0.6) is 0 Å². The number of rotatable bonds is 4. The summed E-state index contributed by atoms with van der Waals surface area (Å²) in [6.45, 7) is 3.53. The van der Waals surface area contributed by atoms with Crippen molar-refractivity contribution in [3.63, 3.8) is 0 Å². The number of anilines is 1. The van der Waals surface area contributed by atoms with E-state index in [1.54, 1.807) is 26.0 Å². The number of hydrogen-bond acceptors (Lipinski definition) is 4. The number of halogens is 2. The largest absolute Gasteiger partial charge is 0.446 e. The number of sulfonamides is 1. The Morgan fingerprint density at radius 2 is 1.80 bits per heavy atom. The highest BCUT2D eigenvalue weighted by molar-refractivity contribution is 7.92. The van der Waals surface area contributed by atoms with E-state index in [1.165, 1.54) is 24.3 Å². The van der Waals surface area contributed by atoms with Crippen LogP contribution in [0.2, 0.25) is 5.02 Å². The maximum atomic E-state index is 13.2. The second-order valence-electron chi connectivity index (χ2n) is 5.40. The number of oxazole rings is 1. The maximum absolute atomic E-state index is 13.2. The first kappa shape index (κ1) is 17.4. The molecule has 0 saturated carbocycles. The van der Waals surface area contributed by atoms with E-state index in [2.05, 4.69) is 9.71 Å². The van der Waals surface area contributed by atoms with Crippen LogP contribution < -0.4 is 4.72 Å². The molecule has 0 aliphatic carbocycles. The number of hydrogen-bond donors (Lipinski definition) is 1. The minimum absolute atomic E-state index is 0.0644. The average Bonchev–Trinajstić information content (AvgIpc) is 2.89. The molecule has 1 aromatic heterocycles. The molecule has 1 N–H and O–H groups in total. The summed E-state index contributed by atoms with van der Waals surface area (Å²) in [7, 11) is -3.82. The van der Waals surface area contributed by atoms with Crippen LogP contribution in [-0.2, 0) is 10.0 Å². The van der Waals surface area contributed by atoms with Gasteiger partial charge < -0.3 is 4.42 Å². The molecule has 0 aliphatic heterocycles. The second kappa shape index (κ2) is 6.50. The molecule has 2 aromatic carbocycles. The molecular weight excluding hydrogens is 367 g/mol. The third kappa shape index (κ3) is 3.67. The van der Waals surface area contributed by atoms with Gasteiger partial charge in [-0.2, -0.15) is 0 Å². The molecule has 8 heteroatoms. The molecule has 0 radical (unpaired) electrons. The van der Waals surface area contributed by atoms with E-state index >= 15 is 0 Å². The first-order valence-corrected chi connectivity index (χ1v) is 9.15. The van der Waals surface area contributed by atoms with Gasteiger partial charge in [0.15, 0.2) is 5.89 Å². The second-order valence-corrected chi connectivity index (χ2v) is 7.49. The van der Waals surface area contributed by atoms with Crippen molar-refractivity contribution >= 4 is 27.3 Å². The van der Waals surface area contributed by atoms with Crippen LogP contribution in [0.3, 0.4) is 0 Å². The van der Waals surface area contributed by atoms with Crippen LogP contribution in [-0.4, -0.2) is 13.4 Å². The minimum Gasteiger partial charge on any atom is -0.446 e. The molecule has 130 valence electrons. The number of nitrogens with one attached hydrogen (secondary N) is 1. The molecule has 0 spiro atoms. The standard InChI is InChI=1S/C17H14ClFN2O3S/c1-10-17(20-11(2)24-10)12-3-6-14(7-4-12)25(22,23)21-13-5-8-16(19)15(18)9-13/h3-9,21H,1-2H3. The third-order valence-electron chi connectivity index (χ3n) is 3.51. The van der Waals surface area contributed by atoms with E-state index in [0.717, 1.165) is 11.6 Å². The van der Waals surface area contributed by atoms with Gasteiger partial charge in [0, 0.05) is 12.5 Å². The topological polar surface area (TPSA) is 72.2 Å². The first-order valence-electron chi connectivity index (χ1n) is 7.28. The van der Waals surface area contributed by atoms with Crippen LogP contribution in [0.15, 0.2) is 51.8 Å². The van der Waals surface area contributed by atoms with Crippen molar-refractivity contribution in [1.82, 2.24) is 4.98 Å². The van der Waals surface area contributed by atoms with E-state index in [-0.39, 0.29) is 15.6 Å². The van der Waals surface area contributed by atoms with Gasteiger partial charge in [-0.25, -0.2) is 17.8 Å². The van der Waals surface area contributed by atoms with Crippen molar-refractivity contribution in [1.29, 1.82) is 0 Å². The van der Waals surface area contributed by atoms with Crippen LogP contribution in [0.1, 0.15) is 11.7 Å². The Morgan fingerprint density at radius 3 is 2.36 bits per heavy atom. The average molecular weight is 381 g/mol. The quantitative estimate of drug-likeness (QED) is 0.720. The van der Waals surface area contributed by atoms with Gasteiger partial charge in [0.1, 0.15) is 17.3 Å². The van der Waals surface area contributed by atoms with Crippen molar-refractivity contribution in [2.45, 2.75) is 18.7 Å². The van der Waals surface area contributed by atoms with Crippen LogP contribution in [0.25, 0.3) is 11.3 Å². The predicted octanol–water partition coefficient (Wildman–Crippen LogP) is 4.55. The van der Waals surface area contributed by atoms with E-state index < -0.39 is 15.8 Å². The lowest BCUT2D eigenvalue weighted by molar-refractivity contribution is 0.495. The van der Waals surface area contributed by atoms with E-state index in [4.69, 9.17) is 16.0 Å². The zero-order valence-corrected chi connectivity index (χ0v) is 15.0. The summed E-state index contributed by atoms with van der Waals surface area (Å²) >= 11 is 5.67. The minimum atomic E-state index is -3.82. The Labute approximate surface area is 149 Å². The van der Waals surface area contributed by atoms with Gasteiger partial charge in [0.05, 0.1) is 15.6 Å². The van der Waals surface area contributed by atoms with Gasteiger partial charge in [-0.1, -0.05) is 23.7 Å². The number of aromatic nitrogens is 1. The van der Waals surface area contributed by atoms with Gasteiger partial charge in [0.25, 0.3) is 10.0 Å². The van der Waals surface area contributed by atoms with E-state index in [9.17, 15) is 12.8 Å². The van der Waals surface area contributed by atoms with Crippen LogP contribution in [0.4, 0.5) is 10.1 Å². The Kier molecular flexibility index (Phi) is 4.53. The molecule has 0 atom stereocenters. The summed E-state index contributed by atoms with van der Waals surface area (Å²) in [6.07, 6.45) is 0. The molecule has 0 aliphatic rings. The van der Waals surface area contributed by atoms with Crippen molar-refractivity contribution in [3.8, 4) is 11.3 Å². The van der Waals surface area contributed by atoms with Crippen molar-refractivity contribution < 1.29 is 17.2 Å². The Bertz CT molecular complexity index is 1030. The summed E-state index contributed by atoms with van der Waals surface area (Å²) in [6, 6.07) is 9.84. The molecule has 0 bridgehead atoms. The Balaban J connectivity index is 1.87. The summed E-state index contributed by atoms with van der Waals surface area (Å²) in [5, 5.41) is -0.160. The number of aryl methyl sites for hydroxylation is 2. The fourth-order valence-corrected chi connectivity index (χ4v) is 3.59. The van der Waals surface area contributed by atoms with Gasteiger partial charge in [-0.05, 0) is 37.3 Å². The normalized spacial score (nSPS) is 11.5. The highest BCUT2D eigenvalue weighted by Crippen LogP contribution is 2.26. The molecule has 5 nitrogen and oxygen atoms in total. The smallest absolute Gasteiger partial charge is 0.261 e. The highest BCUT2D eigenvalue weighted by atomic mass is 35.5. The van der Waals surface area contributed by atoms with Crippen molar-refractivity contribution in [2.24, 2.45) is 0 Å². The van der Waals surface area contributed by atoms with Crippen LogP contribution >= 0.6 is 11.6 Å². The lowest BCUT2D eigenvalue weighted by Gasteiger charge is -2.09. The molecule has 0 fully saturated rings. The summed E-state index contributed by atoms with van der Waals surface area (Å²) in [4.78, 5) is 4.34. The molecule has 1 heterocycles. The summed E-state index contributed by atoms with van der Waals surface area (Å²) in [5.74, 6) is 0.582. The van der Waals surface area contributed by atoms with Gasteiger partial charge in [-0.3, -0.25) is 4.72 Å². The van der Waals surface area contributed by atoms with E-state index in [0.29, 0.717) is 17.3 Å². The molecule has 3 aromatic rings. The van der Waals surface area contributed by atoms with Gasteiger partial charge >= 0.3 is 0 Å². The van der Waals surface area contributed by atoms with E-state index in [1.807, 2.05) is 0 Å². The third-order valence-corrected chi connectivity index (χ3v) is 5.20. The number of benzene rings is 2. The highest BCUT2D eigenvalue weighted by Gasteiger charge is 2.16. The Morgan fingerprint density at radius 1 is 1.12 bits per heavy atom. The first-order chi connectivity index (χ1) is 11.8. The summed E-state index contributed by atoms with van der Waals surface area (Å²) < 4.78 is 45.8. The zero-order valence-electron chi connectivity index (χ0n) is 13.4. The monoisotopic (exact) mass is 380 g/mol. The van der Waals surface area contributed by atoms with Gasteiger partial charge in [-0.15, -0.1) is 0 Å².